The average molecular weight is 216 g/mol. The third kappa shape index (κ3) is 3.09. The van der Waals surface area contributed by atoms with Crippen LogP contribution >= 0.6 is 0 Å². The smallest absolute Gasteiger partial charge is 0.328 e. The zero-order valence-electron chi connectivity index (χ0n) is 8.62. The number of hydrogen-bond donors (Lipinski definition) is 4. The minimum Gasteiger partial charge on any atom is -0.480 e. The largest absolute Gasteiger partial charge is 0.480 e. The highest BCUT2D eigenvalue weighted by atomic mass is 16.4. The molecule has 0 heterocycles. The summed E-state index contributed by atoms with van der Waals surface area (Å²) >= 11 is 0. The molecule has 1 rings (SSSR count). The van der Waals surface area contributed by atoms with E-state index in [0.29, 0.717) is 0 Å². The van der Waals surface area contributed by atoms with Gasteiger partial charge in [0.25, 0.3) is 0 Å². The van der Waals surface area contributed by atoms with E-state index in [1.807, 2.05) is 6.92 Å². The monoisotopic (exact) mass is 216 g/mol. The van der Waals surface area contributed by atoms with Crippen molar-refractivity contribution >= 4 is 12.0 Å². The third-order valence-electron chi connectivity index (χ3n) is 2.66. The Balaban J connectivity index is 2.37. The fraction of sp³-hybridized carbons (Fsp3) is 0.778. The van der Waals surface area contributed by atoms with Gasteiger partial charge in [-0.15, -0.1) is 0 Å². The Kier molecular flexibility index (Phi) is 3.52. The number of urea groups is 1. The van der Waals surface area contributed by atoms with E-state index < -0.39 is 24.6 Å². The zero-order valence-corrected chi connectivity index (χ0v) is 8.62. The normalized spacial score (nSPS) is 19.9. The molecule has 1 saturated carbocycles. The van der Waals surface area contributed by atoms with Crippen LogP contribution in [0.25, 0.3) is 0 Å². The molecule has 6 heteroatoms. The number of carbonyl (C=O) groups is 2. The van der Waals surface area contributed by atoms with Gasteiger partial charge < -0.3 is 20.8 Å². The van der Waals surface area contributed by atoms with Crippen molar-refractivity contribution in [2.45, 2.75) is 37.8 Å². The van der Waals surface area contributed by atoms with E-state index >= 15 is 0 Å². The van der Waals surface area contributed by atoms with Crippen molar-refractivity contribution < 1.29 is 19.8 Å². The van der Waals surface area contributed by atoms with E-state index in [-0.39, 0.29) is 5.54 Å². The van der Waals surface area contributed by atoms with E-state index in [2.05, 4.69) is 10.6 Å². The Morgan fingerprint density at radius 2 is 2.07 bits per heavy atom. The molecule has 1 fully saturated rings. The second-order valence-corrected chi connectivity index (χ2v) is 4.09. The lowest BCUT2D eigenvalue weighted by molar-refractivity contribution is -0.140. The first-order valence-corrected chi connectivity index (χ1v) is 4.89. The SMILES string of the molecule is CC1(NC(=O)NC(CO)C(=O)O)CCC1. The van der Waals surface area contributed by atoms with Gasteiger partial charge in [0.1, 0.15) is 0 Å². The van der Waals surface area contributed by atoms with E-state index in [1.165, 1.54) is 0 Å². The predicted octanol–water partition coefficient (Wildman–Crippen LogP) is -0.326. The van der Waals surface area contributed by atoms with Gasteiger partial charge in [0.2, 0.25) is 0 Å². The second-order valence-electron chi connectivity index (χ2n) is 4.09. The number of aliphatic hydroxyl groups excluding tert-OH is 1. The van der Waals surface area contributed by atoms with Crippen LogP contribution in [0, 0.1) is 0 Å². The molecule has 1 atom stereocenters. The van der Waals surface area contributed by atoms with Gasteiger partial charge in [-0.05, 0) is 26.2 Å². The summed E-state index contributed by atoms with van der Waals surface area (Å²) in [5.74, 6) is -1.24. The van der Waals surface area contributed by atoms with E-state index in [0.717, 1.165) is 19.3 Å². The summed E-state index contributed by atoms with van der Waals surface area (Å²) in [4.78, 5) is 21.8. The number of hydrogen-bond acceptors (Lipinski definition) is 3. The van der Waals surface area contributed by atoms with Crippen molar-refractivity contribution in [1.82, 2.24) is 10.6 Å². The van der Waals surface area contributed by atoms with Gasteiger partial charge in [0.05, 0.1) is 6.61 Å². The first kappa shape index (κ1) is 11.8. The average Bonchev–Trinajstić information content (AvgIpc) is 2.11. The number of nitrogens with one attached hydrogen (secondary N) is 2. The Morgan fingerprint density at radius 1 is 1.47 bits per heavy atom. The standard InChI is InChI=1S/C9H16N2O4/c1-9(3-2-4-9)11-8(15)10-6(5-12)7(13)14/h6,12H,2-5H2,1H3,(H,13,14)(H2,10,11,15). The van der Waals surface area contributed by atoms with E-state index in [9.17, 15) is 9.59 Å². The summed E-state index contributed by atoms with van der Waals surface area (Å²) in [5, 5.41) is 22.2. The number of carboxylic acids is 1. The first-order valence-electron chi connectivity index (χ1n) is 4.89. The maximum absolute atomic E-state index is 11.3. The molecule has 1 aliphatic carbocycles. The van der Waals surface area contributed by atoms with Crippen molar-refractivity contribution in [1.29, 1.82) is 0 Å². The van der Waals surface area contributed by atoms with Crippen LogP contribution in [-0.4, -0.2) is 40.4 Å². The Morgan fingerprint density at radius 3 is 2.40 bits per heavy atom. The van der Waals surface area contributed by atoms with Crippen molar-refractivity contribution in [3.05, 3.63) is 0 Å². The lowest BCUT2D eigenvalue weighted by atomic mass is 9.79. The van der Waals surface area contributed by atoms with Gasteiger partial charge >= 0.3 is 12.0 Å². The second kappa shape index (κ2) is 4.48. The Labute approximate surface area is 87.7 Å². The molecule has 6 nitrogen and oxygen atoms in total. The number of rotatable bonds is 4. The molecule has 0 radical (unpaired) electrons. The molecule has 1 unspecified atom stereocenters. The van der Waals surface area contributed by atoms with Crippen molar-refractivity contribution in [2.75, 3.05) is 6.61 Å². The lowest BCUT2D eigenvalue weighted by Crippen LogP contribution is -2.57. The summed E-state index contributed by atoms with van der Waals surface area (Å²) in [6.07, 6.45) is 2.87. The lowest BCUT2D eigenvalue weighted by Gasteiger charge is -2.39. The summed E-state index contributed by atoms with van der Waals surface area (Å²) in [7, 11) is 0. The highest BCUT2D eigenvalue weighted by Crippen LogP contribution is 2.30. The van der Waals surface area contributed by atoms with E-state index in [4.69, 9.17) is 10.2 Å². The molecule has 4 N–H and O–H groups in total. The molecule has 1 aliphatic rings. The predicted molar refractivity (Wildman–Crippen MR) is 52.4 cm³/mol. The molecule has 0 saturated heterocycles. The van der Waals surface area contributed by atoms with E-state index in [1.54, 1.807) is 0 Å². The van der Waals surface area contributed by atoms with Gasteiger partial charge in [0.15, 0.2) is 6.04 Å². The van der Waals surface area contributed by atoms with Crippen molar-refractivity contribution in [2.24, 2.45) is 0 Å². The van der Waals surface area contributed by atoms with Gasteiger partial charge in [-0.2, -0.15) is 0 Å². The van der Waals surface area contributed by atoms with Gasteiger partial charge in [0, 0.05) is 5.54 Å². The van der Waals surface area contributed by atoms with Gasteiger partial charge in [-0.25, -0.2) is 9.59 Å². The molecule has 0 spiro atoms. The Bertz CT molecular complexity index is 263. The topological polar surface area (TPSA) is 98.7 Å². The van der Waals surface area contributed by atoms with Crippen LogP contribution in [0.5, 0.6) is 0 Å². The number of carboxylic acid groups (broad SMARTS) is 1. The summed E-state index contributed by atoms with van der Waals surface area (Å²) in [6, 6.07) is -1.78. The Hall–Kier alpha value is -1.30. The van der Waals surface area contributed by atoms with Crippen LogP contribution in [0.3, 0.4) is 0 Å². The highest BCUT2D eigenvalue weighted by Gasteiger charge is 2.33. The zero-order chi connectivity index (χ0) is 11.5. The molecule has 2 amide bonds. The fourth-order valence-corrected chi connectivity index (χ4v) is 1.49. The van der Waals surface area contributed by atoms with Crippen LogP contribution in [0.2, 0.25) is 0 Å². The van der Waals surface area contributed by atoms with Gasteiger partial charge in [-0.1, -0.05) is 0 Å². The highest BCUT2D eigenvalue weighted by molar-refractivity contribution is 5.83. The first-order chi connectivity index (χ1) is 6.97. The molecule has 0 bridgehead atoms. The van der Waals surface area contributed by atoms with Crippen molar-refractivity contribution in [3.8, 4) is 0 Å². The number of carbonyl (C=O) groups excluding carboxylic acids is 1. The summed E-state index contributed by atoms with van der Waals surface area (Å²) < 4.78 is 0. The summed E-state index contributed by atoms with van der Waals surface area (Å²) in [5.41, 5.74) is -0.220. The maximum atomic E-state index is 11.3. The minimum absolute atomic E-state index is 0.220. The van der Waals surface area contributed by atoms with Crippen LogP contribution in [0.4, 0.5) is 4.79 Å². The molecule has 0 aliphatic heterocycles. The van der Waals surface area contributed by atoms with Crippen LogP contribution in [-0.2, 0) is 4.79 Å². The van der Waals surface area contributed by atoms with Crippen LogP contribution < -0.4 is 10.6 Å². The van der Waals surface area contributed by atoms with Crippen molar-refractivity contribution in [3.63, 3.8) is 0 Å². The molecule has 86 valence electrons. The van der Waals surface area contributed by atoms with Crippen LogP contribution in [0.1, 0.15) is 26.2 Å². The molecule has 15 heavy (non-hydrogen) atoms. The molecular weight excluding hydrogens is 200 g/mol. The quantitative estimate of drug-likeness (QED) is 0.517. The third-order valence-corrected chi connectivity index (χ3v) is 2.66. The minimum atomic E-state index is -1.24. The summed E-state index contributed by atoms with van der Waals surface area (Å²) in [6.45, 7) is 1.30. The maximum Gasteiger partial charge on any atom is 0.328 e. The van der Waals surface area contributed by atoms with Gasteiger partial charge in [-0.3, -0.25) is 0 Å². The number of aliphatic hydroxyl groups is 1. The fourth-order valence-electron chi connectivity index (χ4n) is 1.49. The number of amides is 2. The molecule has 0 aromatic rings. The molecule has 0 aromatic heterocycles. The van der Waals surface area contributed by atoms with Crippen LogP contribution in [0.15, 0.2) is 0 Å². The molecule has 0 aromatic carbocycles. The molecular formula is C9H16N2O4. The number of aliphatic carboxylic acids is 1.